The number of carbonyl (C=O) groups is 5. The zero-order chi connectivity index (χ0) is 33.3. The molecule has 0 spiro atoms. The summed E-state index contributed by atoms with van der Waals surface area (Å²) in [7, 11) is 0. The van der Waals surface area contributed by atoms with Crippen molar-refractivity contribution in [1.82, 2.24) is 10.6 Å². The molecule has 1 aliphatic heterocycles. The second-order valence-corrected chi connectivity index (χ2v) is 12.2. The van der Waals surface area contributed by atoms with Gasteiger partial charge in [-0.05, 0) is 27.2 Å². The molecule has 13 nitrogen and oxygen atoms in total. The number of hydrogen-bond donors (Lipinski definition) is 2. The first-order valence-electron chi connectivity index (χ1n) is 15.6. The Morgan fingerprint density at radius 1 is 0.795 bits per heavy atom. The number of rotatable bonds is 18. The molecule has 0 aromatic rings. The van der Waals surface area contributed by atoms with Crippen LogP contribution in [0.25, 0.3) is 0 Å². The smallest absolute Gasteiger partial charge is 0.407 e. The van der Waals surface area contributed by atoms with Crippen LogP contribution in [-0.2, 0) is 47.6 Å². The van der Waals surface area contributed by atoms with Gasteiger partial charge in [-0.15, -0.1) is 0 Å². The maximum Gasteiger partial charge on any atom is 0.407 e. The Kier molecular flexibility index (Phi) is 17.9. The van der Waals surface area contributed by atoms with Crippen molar-refractivity contribution in [1.29, 1.82) is 0 Å². The van der Waals surface area contributed by atoms with Gasteiger partial charge in [-0.2, -0.15) is 0 Å². The van der Waals surface area contributed by atoms with Crippen molar-refractivity contribution in [2.75, 3.05) is 13.2 Å². The fourth-order valence-corrected chi connectivity index (χ4v) is 4.84. The summed E-state index contributed by atoms with van der Waals surface area (Å²) in [5, 5.41) is 5.54. The molecular weight excluding hydrogens is 576 g/mol. The minimum atomic E-state index is -1.23. The first kappa shape index (κ1) is 39.1. The van der Waals surface area contributed by atoms with Gasteiger partial charge in [-0.25, -0.2) is 4.79 Å². The maximum atomic E-state index is 12.7. The van der Waals surface area contributed by atoms with E-state index < -0.39 is 72.2 Å². The van der Waals surface area contributed by atoms with Crippen LogP contribution in [-0.4, -0.2) is 85.4 Å². The molecule has 1 unspecified atom stereocenters. The summed E-state index contributed by atoms with van der Waals surface area (Å²) in [6, 6.07) is -1.57. The molecule has 2 N–H and O–H groups in total. The lowest BCUT2D eigenvalue weighted by Crippen LogP contribution is -2.66. The van der Waals surface area contributed by atoms with Crippen LogP contribution in [0.1, 0.15) is 113 Å². The second-order valence-electron chi connectivity index (χ2n) is 12.2. The van der Waals surface area contributed by atoms with Crippen LogP contribution in [0.3, 0.4) is 0 Å². The van der Waals surface area contributed by atoms with E-state index in [0.717, 1.165) is 25.7 Å². The van der Waals surface area contributed by atoms with Gasteiger partial charge in [0.15, 0.2) is 18.5 Å². The molecular formula is C31H54N2O11. The zero-order valence-electron chi connectivity index (χ0n) is 27.7. The molecule has 0 aromatic carbocycles. The van der Waals surface area contributed by atoms with Gasteiger partial charge in [0.1, 0.15) is 24.4 Å². The quantitative estimate of drug-likeness (QED) is 0.127. The van der Waals surface area contributed by atoms with E-state index in [-0.39, 0.29) is 13.2 Å². The molecule has 1 rings (SSSR count). The third-order valence-corrected chi connectivity index (χ3v) is 6.66. The van der Waals surface area contributed by atoms with Crippen molar-refractivity contribution in [2.45, 2.75) is 155 Å². The summed E-state index contributed by atoms with van der Waals surface area (Å²) in [6.07, 6.45) is 4.13. The number of unbranched alkanes of at least 4 members (excludes halogenated alkanes) is 7. The maximum absolute atomic E-state index is 12.7. The summed E-state index contributed by atoms with van der Waals surface area (Å²) >= 11 is 0. The first-order chi connectivity index (χ1) is 20.6. The topological polar surface area (TPSA) is 165 Å². The van der Waals surface area contributed by atoms with Crippen molar-refractivity contribution in [2.24, 2.45) is 0 Å². The van der Waals surface area contributed by atoms with E-state index >= 15 is 0 Å². The molecule has 13 heteroatoms. The normalized spacial score (nSPS) is 22.3. The average molecular weight is 631 g/mol. The Bertz CT molecular complexity index is 921. The number of nitrogens with one attached hydrogen (secondary N) is 2. The fraction of sp³-hybridized carbons (Fsp3) is 0.839. The number of esters is 3. The van der Waals surface area contributed by atoms with Gasteiger partial charge in [0, 0.05) is 27.7 Å². The molecule has 0 radical (unpaired) electrons. The number of carbonyl (C=O) groups excluding carboxylic acids is 5. The van der Waals surface area contributed by atoms with E-state index in [1.54, 1.807) is 20.8 Å². The molecule has 0 saturated carbocycles. The van der Waals surface area contributed by atoms with Crippen molar-refractivity contribution in [3.63, 3.8) is 0 Å². The highest BCUT2D eigenvalue weighted by Crippen LogP contribution is 2.28. The van der Waals surface area contributed by atoms with Gasteiger partial charge in [-0.3, -0.25) is 19.2 Å². The fourth-order valence-electron chi connectivity index (χ4n) is 4.84. The van der Waals surface area contributed by atoms with Gasteiger partial charge in [0.05, 0.1) is 12.6 Å². The molecule has 2 amide bonds. The van der Waals surface area contributed by atoms with Crippen molar-refractivity contribution >= 4 is 29.9 Å². The first-order valence-corrected chi connectivity index (χ1v) is 15.6. The highest BCUT2D eigenvalue weighted by atomic mass is 16.7. The van der Waals surface area contributed by atoms with E-state index in [1.807, 2.05) is 0 Å². The van der Waals surface area contributed by atoms with Gasteiger partial charge >= 0.3 is 24.0 Å². The van der Waals surface area contributed by atoms with E-state index in [2.05, 4.69) is 17.6 Å². The number of alkyl carbamates (subject to hydrolysis) is 1. The number of ether oxygens (including phenoxy) is 6. The average Bonchev–Trinajstić information content (AvgIpc) is 2.88. The SMILES string of the molecule is CCCCCCCCCCC(CO[C@@H]1O[C@H](COC(C)=O)[C@@H](OC(C)=O)[C@H](OC(C)=O)[C@H]1NC(C)=O)NC(=O)OC(C)(C)C. The lowest BCUT2D eigenvalue weighted by atomic mass is 9.96. The Labute approximate surface area is 261 Å². The second kappa shape index (κ2) is 20.2. The molecule has 44 heavy (non-hydrogen) atoms. The Balaban J connectivity index is 3.15. The molecule has 0 aromatic heterocycles. The summed E-state index contributed by atoms with van der Waals surface area (Å²) in [5.74, 6) is -2.48. The minimum absolute atomic E-state index is 0.0399. The summed E-state index contributed by atoms with van der Waals surface area (Å²) < 4.78 is 33.7. The molecule has 1 heterocycles. The van der Waals surface area contributed by atoms with E-state index in [9.17, 15) is 24.0 Å². The third kappa shape index (κ3) is 16.8. The molecule has 0 aliphatic carbocycles. The van der Waals surface area contributed by atoms with E-state index in [1.165, 1.54) is 53.4 Å². The summed E-state index contributed by atoms with van der Waals surface area (Å²) in [5.41, 5.74) is -0.704. The van der Waals surface area contributed by atoms with Crippen molar-refractivity contribution in [3.8, 4) is 0 Å². The highest BCUT2D eigenvalue weighted by molar-refractivity contribution is 5.73. The van der Waals surface area contributed by atoms with Crippen LogP contribution in [0.15, 0.2) is 0 Å². The molecule has 254 valence electrons. The van der Waals surface area contributed by atoms with Crippen LogP contribution in [0.2, 0.25) is 0 Å². The molecule has 6 atom stereocenters. The van der Waals surface area contributed by atoms with Crippen LogP contribution in [0.5, 0.6) is 0 Å². The van der Waals surface area contributed by atoms with Crippen molar-refractivity contribution < 1.29 is 52.4 Å². The van der Waals surface area contributed by atoms with Crippen LogP contribution >= 0.6 is 0 Å². The zero-order valence-corrected chi connectivity index (χ0v) is 27.7. The molecule has 0 bridgehead atoms. The molecule has 1 aliphatic rings. The van der Waals surface area contributed by atoms with E-state index in [4.69, 9.17) is 28.4 Å². The van der Waals surface area contributed by atoms with Crippen LogP contribution in [0.4, 0.5) is 4.79 Å². The van der Waals surface area contributed by atoms with E-state index in [0.29, 0.717) is 6.42 Å². The lowest BCUT2D eigenvalue weighted by Gasteiger charge is -2.45. The standard InChI is InChI=1S/C31H54N2O11/c1-9-10-11-12-13-14-15-16-17-24(33-30(38)44-31(6,7)8)18-40-29-26(32-20(2)34)28(42-23(5)37)27(41-22(4)36)25(43-29)19-39-21(3)35/h24-29H,9-19H2,1-8H3,(H,32,34)(H,33,38)/t24?,25-,26-,27-,28-,29-/m1/s1. The Morgan fingerprint density at radius 2 is 1.36 bits per heavy atom. The van der Waals surface area contributed by atoms with Gasteiger partial charge < -0.3 is 39.1 Å². The van der Waals surface area contributed by atoms with Crippen LogP contribution in [0, 0.1) is 0 Å². The Hall–Kier alpha value is -2.93. The third-order valence-electron chi connectivity index (χ3n) is 6.66. The van der Waals surface area contributed by atoms with Gasteiger partial charge in [-0.1, -0.05) is 58.3 Å². The van der Waals surface area contributed by atoms with Crippen LogP contribution < -0.4 is 10.6 Å². The molecule has 1 fully saturated rings. The number of hydrogen-bond acceptors (Lipinski definition) is 11. The molecule has 1 saturated heterocycles. The predicted octanol–water partition coefficient (Wildman–Crippen LogP) is 4.08. The largest absolute Gasteiger partial charge is 0.463 e. The van der Waals surface area contributed by atoms with Gasteiger partial charge in [0.2, 0.25) is 5.91 Å². The summed E-state index contributed by atoms with van der Waals surface area (Å²) in [4.78, 5) is 60.5. The predicted molar refractivity (Wildman–Crippen MR) is 160 cm³/mol. The summed E-state index contributed by atoms with van der Waals surface area (Å²) in [6.45, 7) is 11.9. The van der Waals surface area contributed by atoms with Gasteiger partial charge in [0.25, 0.3) is 0 Å². The lowest BCUT2D eigenvalue weighted by molar-refractivity contribution is -0.278. The minimum Gasteiger partial charge on any atom is -0.463 e. The van der Waals surface area contributed by atoms with Crippen molar-refractivity contribution in [3.05, 3.63) is 0 Å². The Morgan fingerprint density at radius 3 is 1.89 bits per heavy atom. The highest BCUT2D eigenvalue weighted by Gasteiger charge is 2.51. The number of amides is 2. The monoisotopic (exact) mass is 630 g/mol.